The average Bonchev–Trinajstić information content (AvgIpc) is 2.47. The molecule has 22 heavy (non-hydrogen) atoms. The van der Waals surface area contributed by atoms with E-state index in [1.165, 1.54) is 12.1 Å². The lowest BCUT2D eigenvalue weighted by molar-refractivity contribution is -0.137. The van der Waals surface area contributed by atoms with Gasteiger partial charge in [-0.15, -0.1) is 0 Å². The number of thiocarbonyl (C=S) groups is 1. The SMILES string of the molecule is C[C@@H](NC(=S)Nc1cccc(C(F)(F)F)c1)c1ccncc1. The van der Waals surface area contributed by atoms with E-state index in [2.05, 4.69) is 15.6 Å². The fraction of sp³-hybridized carbons (Fsp3) is 0.200. The molecule has 2 N–H and O–H groups in total. The summed E-state index contributed by atoms with van der Waals surface area (Å²) in [5.74, 6) is 0. The van der Waals surface area contributed by atoms with Crippen molar-refractivity contribution < 1.29 is 13.2 Å². The second-order valence-corrected chi connectivity index (χ2v) is 5.09. The minimum absolute atomic E-state index is 0.0891. The number of rotatable bonds is 3. The number of hydrogen-bond acceptors (Lipinski definition) is 2. The summed E-state index contributed by atoms with van der Waals surface area (Å²) in [6.45, 7) is 1.90. The molecule has 0 radical (unpaired) electrons. The summed E-state index contributed by atoms with van der Waals surface area (Å²) in [4.78, 5) is 3.92. The maximum absolute atomic E-state index is 12.7. The van der Waals surface area contributed by atoms with Crippen LogP contribution in [0.3, 0.4) is 0 Å². The van der Waals surface area contributed by atoms with Crippen molar-refractivity contribution in [1.29, 1.82) is 0 Å². The molecule has 0 spiro atoms. The van der Waals surface area contributed by atoms with E-state index in [9.17, 15) is 13.2 Å². The highest BCUT2D eigenvalue weighted by molar-refractivity contribution is 7.80. The zero-order valence-corrected chi connectivity index (χ0v) is 12.5. The van der Waals surface area contributed by atoms with Crippen molar-refractivity contribution >= 4 is 23.0 Å². The molecule has 0 amide bonds. The monoisotopic (exact) mass is 325 g/mol. The van der Waals surface area contributed by atoms with Crippen molar-refractivity contribution in [2.45, 2.75) is 19.1 Å². The minimum Gasteiger partial charge on any atom is -0.356 e. The molecule has 0 fully saturated rings. The molecular formula is C15H14F3N3S. The molecule has 7 heteroatoms. The Morgan fingerprint density at radius 1 is 1.18 bits per heavy atom. The van der Waals surface area contributed by atoms with Gasteiger partial charge in [-0.3, -0.25) is 4.98 Å². The molecule has 116 valence electrons. The molecule has 1 atom stereocenters. The molecule has 0 bridgehead atoms. The van der Waals surface area contributed by atoms with Gasteiger partial charge in [-0.25, -0.2) is 0 Å². The molecule has 0 unspecified atom stereocenters. The number of aromatic nitrogens is 1. The van der Waals surface area contributed by atoms with Crippen molar-refractivity contribution in [2.75, 3.05) is 5.32 Å². The average molecular weight is 325 g/mol. The number of halogens is 3. The number of pyridine rings is 1. The second-order valence-electron chi connectivity index (χ2n) is 4.68. The van der Waals surface area contributed by atoms with Crippen molar-refractivity contribution in [3.05, 3.63) is 59.9 Å². The van der Waals surface area contributed by atoms with Gasteiger partial charge in [0, 0.05) is 18.1 Å². The van der Waals surface area contributed by atoms with E-state index in [0.29, 0.717) is 0 Å². The summed E-state index contributed by atoms with van der Waals surface area (Å²) < 4.78 is 38.0. The van der Waals surface area contributed by atoms with Crippen LogP contribution >= 0.6 is 12.2 Å². The lowest BCUT2D eigenvalue weighted by atomic mass is 10.1. The van der Waals surface area contributed by atoms with Gasteiger partial charge in [0.15, 0.2) is 5.11 Å². The van der Waals surface area contributed by atoms with E-state index in [-0.39, 0.29) is 16.8 Å². The van der Waals surface area contributed by atoms with E-state index in [1.807, 2.05) is 19.1 Å². The summed E-state index contributed by atoms with van der Waals surface area (Å²) in [5, 5.41) is 6.03. The Labute approximate surface area is 131 Å². The maximum Gasteiger partial charge on any atom is 0.416 e. The van der Waals surface area contributed by atoms with Crippen LogP contribution < -0.4 is 10.6 Å². The smallest absolute Gasteiger partial charge is 0.356 e. The van der Waals surface area contributed by atoms with Crippen LogP contribution in [0.5, 0.6) is 0 Å². The summed E-state index contributed by atoms with van der Waals surface area (Å²) in [7, 11) is 0. The molecule has 0 saturated heterocycles. The third-order valence-electron chi connectivity index (χ3n) is 3.00. The number of hydrogen-bond donors (Lipinski definition) is 2. The Kier molecular flexibility index (Phi) is 4.97. The standard InChI is InChI=1S/C15H14F3N3S/c1-10(11-5-7-19-8-6-11)20-14(22)21-13-4-2-3-12(9-13)15(16,17)18/h2-10H,1H3,(H2,20,21,22)/t10-/m1/s1. The Morgan fingerprint density at radius 3 is 2.50 bits per heavy atom. The van der Waals surface area contributed by atoms with Crippen LogP contribution in [0.15, 0.2) is 48.8 Å². The fourth-order valence-electron chi connectivity index (χ4n) is 1.87. The molecule has 1 aromatic carbocycles. The second kappa shape index (κ2) is 6.74. The van der Waals surface area contributed by atoms with Gasteiger partial charge in [0.2, 0.25) is 0 Å². The fourth-order valence-corrected chi connectivity index (χ4v) is 2.17. The molecule has 3 nitrogen and oxygen atoms in total. The summed E-state index contributed by atoms with van der Waals surface area (Å²) in [6, 6.07) is 8.48. The summed E-state index contributed by atoms with van der Waals surface area (Å²) in [5.41, 5.74) is 0.542. The topological polar surface area (TPSA) is 37.0 Å². The first-order chi connectivity index (χ1) is 10.4. The molecule has 1 heterocycles. The number of nitrogens with zero attached hydrogens (tertiary/aromatic N) is 1. The molecule has 0 aliphatic heterocycles. The van der Waals surface area contributed by atoms with E-state index in [0.717, 1.165) is 17.7 Å². The highest BCUT2D eigenvalue weighted by Gasteiger charge is 2.30. The zero-order chi connectivity index (χ0) is 16.2. The van der Waals surface area contributed by atoms with Gasteiger partial charge >= 0.3 is 6.18 Å². The van der Waals surface area contributed by atoms with Crippen molar-refractivity contribution in [3.63, 3.8) is 0 Å². The predicted molar refractivity (Wildman–Crippen MR) is 83.5 cm³/mol. The molecule has 2 rings (SSSR count). The molecular weight excluding hydrogens is 311 g/mol. The number of nitrogens with one attached hydrogen (secondary N) is 2. The van der Waals surface area contributed by atoms with Crippen LogP contribution in [0.4, 0.5) is 18.9 Å². The quantitative estimate of drug-likeness (QED) is 0.832. The number of benzene rings is 1. The van der Waals surface area contributed by atoms with Crippen LogP contribution in [0, 0.1) is 0 Å². The van der Waals surface area contributed by atoms with Gasteiger partial charge in [-0.05, 0) is 55.0 Å². The minimum atomic E-state index is -4.38. The van der Waals surface area contributed by atoms with Gasteiger partial charge in [-0.2, -0.15) is 13.2 Å². The van der Waals surface area contributed by atoms with Crippen molar-refractivity contribution in [3.8, 4) is 0 Å². The predicted octanol–water partition coefficient (Wildman–Crippen LogP) is 4.15. The van der Waals surface area contributed by atoms with Crippen molar-refractivity contribution in [2.24, 2.45) is 0 Å². The van der Waals surface area contributed by atoms with Crippen LogP contribution in [0.1, 0.15) is 24.1 Å². The Bertz CT molecular complexity index is 644. The van der Waals surface area contributed by atoms with E-state index in [1.54, 1.807) is 12.4 Å². The zero-order valence-electron chi connectivity index (χ0n) is 11.7. The highest BCUT2D eigenvalue weighted by Crippen LogP contribution is 2.30. The van der Waals surface area contributed by atoms with Crippen LogP contribution in [0.2, 0.25) is 0 Å². The normalized spacial score (nSPS) is 12.5. The first-order valence-corrected chi connectivity index (χ1v) is 6.92. The van der Waals surface area contributed by atoms with Gasteiger partial charge in [0.1, 0.15) is 0 Å². The van der Waals surface area contributed by atoms with Crippen LogP contribution in [0.25, 0.3) is 0 Å². The first kappa shape index (κ1) is 16.2. The molecule has 1 aromatic heterocycles. The van der Waals surface area contributed by atoms with Crippen molar-refractivity contribution in [1.82, 2.24) is 10.3 Å². The molecule has 2 aromatic rings. The largest absolute Gasteiger partial charge is 0.416 e. The third-order valence-corrected chi connectivity index (χ3v) is 3.22. The van der Waals surface area contributed by atoms with Gasteiger partial charge in [-0.1, -0.05) is 6.07 Å². The van der Waals surface area contributed by atoms with E-state index >= 15 is 0 Å². The third kappa shape index (κ3) is 4.42. The number of anilines is 1. The van der Waals surface area contributed by atoms with Crippen LogP contribution in [-0.2, 0) is 6.18 Å². The van der Waals surface area contributed by atoms with Gasteiger partial charge < -0.3 is 10.6 Å². The Hall–Kier alpha value is -2.15. The highest BCUT2D eigenvalue weighted by atomic mass is 32.1. The van der Waals surface area contributed by atoms with Crippen LogP contribution in [-0.4, -0.2) is 10.1 Å². The van der Waals surface area contributed by atoms with E-state index in [4.69, 9.17) is 12.2 Å². The van der Waals surface area contributed by atoms with Gasteiger partial charge in [0.25, 0.3) is 0 Å². The first-order valence-electron chi connectivity index (χ1n) is 6.51. The summed E-state index contributed by atoms with van der Waals surface area (Å²) >= 11 is 5.13. The molecule has 0 saturated carbocycles. The molecule has 0 aliphatic rings. The Balaban J connectivity index is 2.01. The maximum atomic E-state index is 12.7. The molecule has 0 aliphatic carbocycles. The van der Waals surface area contributed by atoms with Gasteiger partial charge in [0.05, 0.1) is 11.6 Å². The Morgan fingerprint density at radius 2 is 1.86 bits per heavy atom. The van der Waals surface area contributed by atoms with E-state index < -0.39 is 11.7 Å². The number of alkyl halides is 3. The lowest BCUT2D eigenvalue weighted by Gasteiger charge is -2.17. The lowest BCUT2D eigenvalue weighted by Crippen LogP contribution is -2.31. The summed E-state index contributed by atoms with van der Waals surface area (Å²) in [6.07, 6.45) is -1.05.